The maximum atomic E-state index is 11.5. The van der Waals surface area contributed by atoms with E-state index in [2.05, 4.69) is 17.6 Å². The predicted molar refractivity (Wildman–Crippen MR) is 83.8 cm³/mol. The van der Waals surface area contributed by atoms with Gasteiger partial charge in [-0.1, -0.05) is 19.4 Å². The minimum absolute atomic E-state index is 0.100. The van der Waals surface area contributed by atoms with Crippen LogP contribution in [0, 0.1) is 0 Å². The number of carbonyl (C=O) groups excluding carboxylic acids is 1. The van der Waals surface area contributed by atoms with E-state index in [1.54, 1.807) is 14.2 Å². The summed E-state index contributed by atoms with van der Waals surface area (Å²) >= 11 is 0. The molecule has 0 heterocycles. The van der Waals surface area contributed by atoms with Gasteiger partial charge in [-0.3, -0.25) is 4.79 Å². The van der Waals surface area contributed by atoms with Crippen LogP contribution in [0.1, 0.15) is 31.7 Å². The smallest absolute Gasteiger partial charge is 0.221 e. The van der Waals surface area contributed by atoms with E-state index in [1.165, 1.54) is 0 Å². The number of hydrogen-bond acceptors (Lipinski definition) is 4. The second-order valence-corrected chi connectivity index (χ2v) is 4.82. The van der Waals surface area contributed by atoms with Crippen molar-refractivity contribution < 1.29 is 14.3 Å². The van der Waals surface area contributed by atoms with Crippen molar-refractivity contribution in [3.05, 3.63) is 23.8 Å². The van der Waals surface area contributed by atoms with Gasteiger partial charge in [0.15, 0.2) is 11.5 Å². The Hall–Kier alpha value is -1.75. The monoisotopic (exact) mass is 294 g/mol. The maximum absolute atomic E-state index is 11.5. The minimum Gasteiger partial charge on any atom is -0.493 e. The molecule has 0 bridgehead atoms. The van der Waals surface area contributed by atoms with Gasteiger partial charge in [-0.2, -0.15) is 0 Å². The van der Waals surface area contributed by atoms with E-state index >= 15 is 0 Å². The fourth-order valence-electron chi connectivity index (χ4n) is 1.92. The molecule has 0 saturated heterocycles. The highest BCUT2D eigenvalue weighted by atomic mass is 16.5. The molecular weight excluding hydrogens is 268 g/mol. The number of carbonyl (C=O) groups is 1. The lowest BCUT2D eigenvalue weighted by Gasteiger charge is -2.10. The molecule has 0 aliphatic rings. The van der Waals surface area contributed by atoms with E-state index in [-0.39, 0.29) is 5.91 Å². The molecule has 0 radical (unpaired) electrons. The Kier molecular flexibility index (Phi) is 8.28. The zero-order valence-corrected chi connectivity index (χ0v) is 13.2. The lowest BCUT2D eigenvalue weighted by molar-refractivity contribution is -0.121. The molecule has 0 aromatic heterocycles. The van der Waals surface area contributed by atoms with Crippen molar-refractivity contribution in [2.75, 3.05) is 27.3 Å². The fourth-order valence-corrected chi connectivity index (χ4v) is 1.92. The SMILES string of the molecule is CCCCNC(=O)CCNCc1ccc(OC)c(OC)c1. The van der Waals surface area contributed by atoms with Crippen molar-refractivity contribution >= 4 is 5.91 Å². The Balaban J connectivity index is 2.28. The topological polar surface area (TPSA) is 59.6 Å². The molecule has 0 aliphatic heterocycles. The Bertz CT molecular complexity index is 436. The van der Waals surface area contributed by atoms with Crippen LogP contribution in [0.15, 0.2) is 18.2 Å². The summed E-state index contributed by atoms with van der Waals surface area (Å²) in [5.41, 5.74) is 1.10. The zero-order valence-electron chi connectivity index (χ0n) is 13.2. The van der Waals surface area contributed by atoms with Crippen LogP contribution in [0.3, 0.4) is 0 Å². The Morgan fingerprint density at radius 1 is 1.14 bits per heavy atom. The largest absolute Gasteiger partial charge is 0.493 e. The van der Waals surface area contributed by atoms with E-state index in [0.717, 1.165) is 30.7 Å². The molecule has 1 amide bonds. The Morgan fingerprint density at radius 3 is 2.57 bits per heavy atom. The van der Waals surface area contributed by atoms with Crippen molar-refractivity contribution in [3.8, 4) is 11.5 Å². The van der Waals surface area contributed by atoms with Gasteiger partial charge in [0, 0.05) is 26.1 Å². The van der Waals surface area contributed by atoms with E-state index in [1.807, 2.05) is 18.2 Å². The third-order valence-electron chi connectivity index (χ3n) is 3.16. The van der Waals surface area contributed by atoms with E-state index in [0.29, 0.717) is 25.3 Å². The van der Waals surface area contributed by atoms with Crippen molar-refractivity contribution in [1.82, 2.24) is 10.6 Å². The van der Waals surface area contributed by atoms with Gasteiger partial charge >= 0.3 is 0 Å². The summed E-state index contributed by atoms with van der Waals surface area (Å²) in [5.74, 6) is 1.54. The number of hydrogen-bond donors (Lipinski definition) is 2. The highest BCUT2D eigenvalue weighted by Crippen LogP contribution is 2.27. The van der Waals surface area contributed by atoms with Gasteiger partial charge in [-0.25, -0.2) is 0 Å². The number of rotatable bonds is 10. The van der Waals surface area contributed by atoms with Crippen molar-refractivity contribution in [2.24, 2.45) is 0 Å². The molecule has 0 fully saturated rings. The molecule has 5 heteroatoms. The summed E-state index contributed by atoms with van der Waals surface area (Å²) in [6, 6.07) is 5.80. The highest BCUT2D eigenvalue weighted by Gasteiger charge is 2.04. The zero-order chi connectivity index (χ0) is 15.5. The van der Waals surface area contributed by atoms with Crippen molar-refractivity contribution in [3.63, 3.8) is 0 Å². The first-order valence-corrected chi connectivity index (χ1v) is 7.39. The Morgan fingerprint density at radius 2 is 1.90 bits per heavy atom. The first-order valence-electron chi connectivity index (χ1n) is 7.39. The maximum Gasteiger partial charge on any atom is 0.221 e. The summed E-state index contributed by atoms with van der Waals surface area (Å²) < 4.78 is 10.5. The minimum atomic E-state index is 0.100. The molecule has 2 N–H and O–H groups in total. The van der Waals surface area contributed by atoms with Crippen LogP contribution < -0.4 is 20.1 Å². The molecule has 21 heavy (non-hydrogen) atoms. The average Bonchev–Trinajstić information content (AvgIpc) is 2.51. The molecule has 5 nitrogen and oxygen atoms in total. The number of amides is 1. The van der Waals surface area contributed by atoms with Gasteiger partial charge in [-0.15, -0.1) is 0 Å². The number of unbranched alkanes of at least 4 members (excludes halogenated alkanes) is 1. The lowest BCUT2D eigenvalue weighted by Crippen LogP contribution is -2.28. The third kappa shape index (κ3) is 6.49. The summed E-state index contributed by atoms with van der Waals surface area (Å²) in [5, 5.41) is 6.15. The molecule has 0 saturated carbocycles. The van der Waals surface area contributed by atoms with Gasteiger partial charge in [0.2, 0.25) is 5.91 Å². The van der Waals surface area contributed by atoms with Crippen LogP contribution in [0.2, 0.25) is 0 Å². The lowest BCUT2D eigenvalue weighted by atomic mass is 10.2. The van der Waals surface area contributed by atoms with Crippen LogP contribution in [-0.4, -0.2) is 33.2 Å². The van der Waals surface area contributed by atoms with Crippen molar-refractivity contribution in [1.29, 1.82) is 0 Å². The molecule has 1 aromatic rings. The average molecular weight is 294 g/mol. The summed E-state index contributed by atoms with van der Waals surface area (Å²) in [6.45, 7) is 4.23. The molecule has 0 spiro atoms. The fraction of sp³-hybridized carbons (Fsp3) is 0.562. The molecule has 0 atom stereocenters. The van der Waals surface area contributed by atoms with E-state index in [4.69, 9.17) is 9.47 Å². The van der Waals surface area contributed by atoms with Gasteiger partial charge in [-0.05, 0) is 24.1 Å². The molecule has 118 valence electrons. The van der Waals surface area contributed by atoms with Gasteiger partial charge < -0.3 is 20.1 Å². The van der Waals surface area contributed by atoms with E-state index in [9.17, 15) is 4.79 Å². The van der Waals surface area contributed by atoms with Crippen LogP contribution in [0.25, 0.3) is 0 Å². The molecule has 1 aromatic carbocycles. The van der Waals surface area contributed by atoms with E-state index < -0.39 is 0 Å². The number of nitrogens with one attached hydrogen (secondary N) is 2. The number of ether oxygens (including phenoxy) is 2. The summed E-state index contributed by atoms with van der Waals surface area (Å²) in [4.78, 5) is 11.5. The molecule has 0 aliphatic carbocycles. The number of benzene rings is 1. The second kappa shape index (κ2) is 10.0. The second-order valence-electron chi connectivity index (χ2n) is 4.82. The quantitative estimate of drug-likeness (QED) is 0.649. The first-order chi connectivity index (χ1) is 10.2. The number of methoxy groups -OCH3 is 2. The van der Waals surface area contributed by atoms with Gasteiger partial charge in [0.05, 0.1) is 14.2 Å². The molecule has 1 rings (SSSR count). The van der Waals surface area contributed by atoms with Crippen LogP contribution in [0.5, 0.6) is 11.5 Å². The van der Waals surface area contributed by atoms with Gasteiger partial charge in [0.25, 0.3) is 0 Å². The third-order valence-corrected chi connectivity index (χ3v) is 3.16. The highest BCUT2D eigenvalue weighted by molar-refractivity contribution is 5.75. The standard InChI is InChI=1S/C16H26N2O3/c1-4-5-9-18-16(19)8-10-17-12-13-6-7-14(20-2)15(11-13)21-3/h6-7,11,17H,4-5,8-10,12H2,1-3H3,(H,18,19). The summed E-state index contributed by atoms with van der Waals surface area (Å²) in [7, 11) is 3.24. The van der Waals surface area contributed by atoms with Crippen molar-refractivity contribution in [2.45, 2.75) is 32.7 Å². The van der Waals surface area contributed by atoms with Crippen LogP contribution in [-0.2, 0) is 11.3 Å². The first kappa shape index (κ1) is 17.3. The van der Waals surface area contributed by atoms with Gasteiger partial charge in [0.1, 0.15) is 0 Å². The normalized spacial score (nSPS) is 10.2. The summed E-state index contributed by atoms with van der Waals surface area (Å²) in [6.07, 6.45) is 2.62. The molecule has 0 unspecified atom stereocenters. The predicted octanol–water partition coefficient (Wildman–Crippen LogP) is 2.10. The Labute approximate surface area is 127 Å². The molecular formula is C16H26N2O3. The van der Waals surface area contributed by atoms with Crippen LogP contribution >= 0.6 is 0 Å². The van der Waals surface area contributed by atoms with Crippen LogP contribution in [0.4, 0.5) is 0 Å².